The quantitative estimate of drug-likeness (QED) is 0.584. The summed E-state index contributed by atoms with van der Waals surface area (Å²) in [5.74, 6) is 1.10. The zero-order valence-corrected chi connectivity index (χ0v) is 10.7. The number of nitrogens with one attached hydrogen (secondary N) is 1. The average Bonchev–Trinajstić information content (AvgIpc) is 2.26. The van der Waals surface area contributed by atoms with E-state index in [2.05, 4.69) is 0 Å². The molecule has 4 fully saturated rings. The molecule has 0 unspecified atom stereocenters. The number of piperidine rings is 1. The Morgan fingerprint density at radius 2 is 1.89 bits per heavy atom. The van der Waals surface area contributed by atoms with Crippen molar-refractivity contribution in [3.63, 3.8) is 0 Å². The maximum absolute atomic E-state index is 10.9. The average molecular weight is 252 g/mol. The van der Waals surface area contributed by atoms with Crippen LogP contribution in [0.2, 0.25) is 0 Å². The van der Waals surface area contributed by atoms with E-state index in [1.54, 1.807) is 7.11 Å². The Hall–Kier alpha value is -1.26. The number of rotatable bonds is 2. The van der Waals surface area contributed by atoms with E-state index >= 15 is 0 Å². The van der Waals surface area contributed by atoms with Gasteiger partial charge in [0, 0.05) is 18.5 Å². The van der Waals surface area contributed by atoms with Gasteiger partial charge in [0.1, 0.15) is 0 Å². The van der Waals surface area contributed by atoms with E-state index < -0.39 is 6.09 Å². The van der Waals surface area contributed by atoms with Gasteiger partial charge in [0.15, 0.2) is 5.90 Å². The van der Waals surface area contributed by atoms with Gasteiger partial charge in [0.2, 0.25) is 0 Å². The topological polar surface area (TPSA) is 73.6 Å². The van der Waals surface area contributed by atoms with E-state index in [0.29, 0.717) is 30.3 Å². The number of carbonyl (C=O) groups is 1. The molecule has 3 aliphatic carbocycles. The summed E-state index contributed by atoms with van der Waals surface area (Å²) in [5, 5.41) is 16.7. The Morgan fingerprint density at radius 1 is 1.33 bits per heavy atom. The highest BCUT2D eigenvalue weighted by molar-refractivity contribution is 5.83. The Labute approximate surface area is 107 Å². The second-order valence-electron chi connectivity index (χ2n) is 6.25. The number of methoxy groups -OCH3 is 1. The molecule has 4 rings (SSSR count). The maximum Gasteiger partial charge on any atom is 0.407 e. The second kappa shape index (κ2) is 3.62. The second-order valence-corrected chi connectivity index (χ2v) is 6.25. The monoisotopic (exact) mass is 252 g/mol. The molecule has 0 atom stereocenters. The summed E-state index contributed by atoms with van der Waals surface area (Å²) in [5.41, 5.74) is 0.466. The van der Waals surface area contributed by atoms with Gasteiger partial charge in [0.25, 0.3) is 0 Å². The standard InChI is InChI=1S/C13H20N2O3/c1-18-10(14)13-6-12(7-13,8-13)9-2-4-15(5-3-9)11(16)17/h9,14H,2-8H2,1H3,(H,16,17). The van der Waals surface area contributed by atoms with Gasteiger partial charge in [-0.2, -0.15) is 0 Å². The van der Waals surface area contributed by atoms with Gasteiger partial charge in [-0.05, 0) is 43.4 Å². The molecule has 1 heterocycles. The SMILES string of the molecule is COC(=N)C12CC(C3CCN(C(=O)O)CC3)(C1)C2. The van der Waals surface area contributed by atoms with Gasteiger partial charge in [-0.15, -0.1) is 0 Å². The molecule has 4 aliphatic rings. The Bertz CT molecular complexity index is 379. The van der Waals surface area contributed by atoms with E-state index in [4.69, 9.17) is 15.3 Å². The minimum Gasteiger partial charge on any atom is -0.484 e. The maximum atomic E-state index is 10.9. The highest BCUT2D eigenvalue weighted by atomic mass is 16.5. The molecule has 2 N–H and O–H groups in total. The van der Waals surface area contributed by atoms with Crippen molar-refractivity contribution in [2.45, 2.75) is 32.1 Å². The largest absolute Gasteiger partial charge is 0.484 e. The lowest BCUT2D eigenvalue weighted by Gasteiger charge is -2.73. The summed E-state index contributed by atoms with van der Waals surface area (Å²) < 4.78 is 5.07. The zero-order chi connectivity index (χ0) is 13.0. The summed E-state index contributed by atoms with van der Waals surface area (Å²) in [7, 11) is 1.58. The van der Waals surface area contributed by atoms with Crippen molar-refractivity contribution in [3.05, 3.63) is 0 Å². The Morgan fingerprint density at radius 3 is 2.33 bits per heavy atom. The molecule has 5 nitrogen and oxygen atoms in total. The van der Waals surface area contributed by atoms with Gasteiger partial charge >= 0.3 is 6.09 Å². The van der Waals surface area contributed by atoms with Crippen LogP contribution in [0.25, 0.3) is 0 Å². The number of hydrogen-bond donors (Lipinski definition) is 2. The third-order valence-corrected chi connectivity index (χ3v) is 5.39. The summed E-state index contributed by atoms with van der Waals surface area (Å²) >= 11 is 0. The fourth-order valence-electron chi connectivity index (χ4n) is 4.44. The normalized spacial score (nSPS) is 38.6. The number of likely N-dealkylation sites (tertiary alicyclic amines) is 1. The number of amides is 1. The summed E-state index contributed by atoms with van der Waals surface area (Å²) in [6, 6.07) is 0. The molecule has 1 saturated heterocycles. The first kappa shape index (κ1) is 11.8. The van der Waals surface area contributed by atoms with Gasteiger partial charge < -0.3 is 14.7 Å². The predicted molar refractivity (Wildman–Crippen MR) is 65.8 cm³/mol. The highest BCUT2D eigenvalue weighted by Gasteiger charge is 2.72. The van der Waals surface area contributed by atoms with Crippen molar-refractivity contribution in [1.82, 2.24) is 4.90 Å². The summed E-state index contributed by atoms with van der Waals surface area (Å²) in [4.78, 5) is 12.4. The van der Waals surface area contributed by atoms with E-state index in [1.165, 1.54) is 4.90 Å². The molecule has 0 aromatic heterocycles. The molecular formula is C13H20N2O3. The fraction of sp³-hybridized carbons (Fsp3) is 0.846. The predicted octanol–water partition coefficient (Wildman–Crippen LogP) is 2.17. The van der Waals surface area contributed by atoms with Gasteiger partial charge in [-0.3, -0.25) is 5.41 Å². The van der Waals surface area contributed by atoms with Crippen LogP contribution in [-0.4, -0.2) is 42.2 Å². The molecule has 100 valence electrons. The first-order chi connectivity index (χ1) is 8.51. The zero-order valence-electron chi connectivity index (χ0n) is 10.7. The highest BCUT2D eigenvalue weighted by Crippen LogP contribution is 2.77. The van der Waals surface area contributed by atoms with Gasteiger partial charge in [0.05, 0.1) is 7.11 Å². The van der Waals surface area contributed by atoms with Crippen LogP contribution in [0.1, 0.15) is 32.1 Å². The molecule has 5 heteroatoms. The van der Waals surface area contributed by atoms with E-state index in [9.17, 15) is 4.79 Å². The molecule has 3 saturated carbocycles. The number of nitrogens with zero attached hydrogens (tertiary/aromatic N) is 1. The van der Waals surface area contributed by atoms with Crippen LogP contribution in [0, 0.1) is 22.2 Å². The smallest absolute Gasteiger partial charge is 0.407 e. The van der Waals surface area contributed by atoms with Crippen LogP contribution in [-0.2, 0) is 4.74 Å². The lowest BCUT2D eigenvalue weighted by molar-refractivity contribution is -0.208. The van der Waals surface area contributed by atoms with Crippen LogP contribution in [0.15, 0.2) is 0 Å². The molecular weight excluding hydrogens is 232 g/mol. The Balaban J connectivity index is 1.55. The third-order valence-electron chi connectivity index (χ3n) is 5.39. The number of carboxylic acid groups (broad SMARTS) is 1. The van der Waals surface area contributed by atoms with Crippen LogP contribution in [0.4, 0.5) is 4.79 Å². The van der Waals surface area contributed by atoms with E-state index in [-0.39, 0.29) is 5.41 Å². The molecule has 0 radical (unpaired) electrons. The molecule has 18 heavy (non-hydrogen) atoms. The van der Waals surface area contributed by atoms with Crippen molar-refractivity contribution in [1.29, 1.82) is 5.41 Å². The van der Waals surface area contributed by atoms with Crippen LogP contribution in [0.3, 0.4) is 0 Å². The van der Waals surface area contributed by atoms with Crippen LogP contribution < -0.4 is 0 Å². The molecule has 0 aromatic carbocycles. The molecule has 0 spiro atoms. The Kier molecular flexibility index (Phi) is 2.37. The van der Waals surface area contributed by atoms with Crippen molar-refractivity contribution in [3.8, 4) is 0 Å². The molecule has 0 aromatic rings. The fourth-order valence-corrected chi connectivity index (χ4v) is 4.44. The molecule has 2 bridgehead atoms. The summed E-state index contributed by atoms with van der Waals surface area (Å²) in [6.07, 6.45) is 4.45. The number of hydrogen-bond acceptors (Lipinski definition) is 3. The minimum atomic E-state index is -0.788. The molecule has 1 aliphatic heterocycles. The van der Waals surface area contributed by atoms with Crippen molar-refractivity contribution >= 4 is 12.0 Å². The first-order valence-electron chi connectivity index (χ1n) is 6.62. The number of ether oxygens (including phenoxy) is 1. The van der Waals surface area contributed by atoms with E-state index in [1.807, 2.05) is 0 Å². The molecule has 1 amide bonds. The van der Waals surface area contributed by atoms with E-state index in [0.717, 1.165) is 32.1 Å². The first-order valence-corrected chi connectivity index (χ1v) is 6.62. The lowest BCUT2D eigenvalue weighted by Crippen LogP contribution is -2.69. The van der Waals surface area contributed by atoms with Gasteiger partial charge in [-0.25, -0.2) is 4.79 Å². The lowest BCUT2D eigenvalue weighted by atomic mass is 9.31. The third kappa shape index (κ3) is 1.39. The summed E-state index contributed by atoms with van der Waals surface area (Å²) in [6.45, 7) is 1.35. The minimum absolute atomic E-state index is 0.0542. The van der Waals surface area contributed by atoms with Gasteiger partial charge in [-0.1, -0.05) is 0 Å². The van der Waals surface area contributed by atoms with Crippen molar-refractivity contribution in [2.75, 3.05) is 20.2 Å². The van der Waals surface area contributed by atoms with Crippen LogP contribution >= 0.6 is 0 Å². The van der Waals surface area contributed by atoms with Crippen molar-refractivity contribution in [2.24, 2.45) is 16.7 Å². The van der Waals surface area contributed by atoms with Crippen LogP contribution in [0.5, 0.6) is 0 Å². The van der Waals surface area contributed by atoms with Crippen molar-refractivity contribution < 1.29 is 14.6 Å².